The number of rotatable bonds is 13. The van der Waals surface area contributed by atoms with Crippen molar-refractivity contribution in [1.82, 2.24) is 15.0 Å². The molecule has 0 fully saturated rings. The minimum absolute atomic E-state index is 0.143. The summed E-state index contributed by atoms with van der Waals surface area (Å²) in [5, 5.41) is 1.07. The van der Waals surface area contributed by atoms with E-state index in [4.69, 9.17) is 4.74 Å². The van der Waals surface area contributed by atoms with E-state index < -0.39 is 0 Å². The predicted molar refractivity (Wildman–Crippen MR) is 144 cm³/mol. The molecule has 0 spiro atoms. The van der Waals surface area contributed by atoms with Crippen LogP contribution in [0.1, 0.15) is 70.8 Å². The molecule has 6 nitrogen and oxygen atoms in total. The van der Waals surface area contributed by atoms with E-state index in [0.717, 1.165) is 78.0 Å². The Morgan fingerprint density at radius 1 is 1.20 bits per heavy atom. The van der Waals surface area contributed by atoms with Crippen LogP contribution in [-0.4, -0.2) is 33.6 Å². The molecule has 3 rings (SSSR count). The number of methoxy groups -OCH3 is 1. The van der Waals surface area contributed by atoms with Gasteiger partial charge in [0.1, 0.15) is 11.6 Å². The van der Waals surface area contributed by atoms with Crippen LogP contribution in [0.3, 0.4) is 0 Å². The maximum atomic E-state index is 12.2. The van der Waals surface area contributed by atoms with E-state index in [9.17, 15) is 4.79 Å². The number of H-pyrrole nitrogens is 1. The van der Waals surface area contributed by atoms with Gasteiger partial charge in [0.2, 0.25) is 0 Å². The number of unbranched alkanes of at least 4 members (excludes halogenated alkanes) is 3. The molecule has 1 N–H and O–H groups in total. The number of carbonyl (C=O) groups excluding carboxylic acids is 1. The van der Waals surface area contributed by atoms with Crippen molar-refractivity contribution in [2.24, 2.45) is 10.9 Å². The summed E-state index contributed by atoms with van der Waals surface area (Å²) >= 11 is 0. The molecule has 2 aromatic heterocycles. The molecule has 0 saturated heterocycles. The first-order chi connectivity index (χ1) is 16.9. The lowest BCUT2D eigenvalue weighted by molar-refractivity contribution is -0.113. The summed E-state index contributed by atoms with van der Waals surface area (Å²) in [6.45, 7) is 8.08. The van der Waals surface area contributed by atoms with Gasteiger partial charge in [-0.25, -0.2) is 4.98 Å². The SMILES string of the molecule is CCC(C)/C=C\N=C(C)C(=O)CCCCCCc1ncc(-c2cc3ccc(C)nc3cc2OC)[nH]1. The molecular weight excluding hydrogens is 436 g/mol. The van der Waals surface area contributed by atoms with Crippen molar-refractivity contribution < 1.29 is 9.53 Å². The maximum Gasteiger partial charge on any atom is 0.176 e. The molecule has 0 saturated carbocycles. The highest BCUT2D eigenvalue weighted by molar-refractivity contribution is 6.39. The van der Waals surface area contributed by atoms with Gasteiger partial charge in [-0.2, -0.15) is 0 Å². The van der Waals surface area contributed by atoms with E-state index in [0.29, 0.717) is 18.1 Å². The lowest BCUT2D eigenvalue weighted by Crippen LogP contribution is -2.09. The predicted octanol–water partition coefficient (Wildman–Crippen LogP) is 7.02. The normalized spacial score (nSPS) is 13.0. The average molecular weight is 475 g/mol. The van der Waals surface area contributed by atoms with Crippen LogP contribution in [0, 0.1) is 12.8 Å². The van der Waals surface area contributed by atoms with Crippen molar-refractivity contribution in [2.45, 2.75) is 72.6 Å². The quantitative estimate of drug-likeness (QED) is 0.213. The number of carbonyl (C=O) groups is 1. The van der Waals surface area contributed by atoms with Crippen LogP contribution in [-0.2, 0) is 11.2 Å². The number of aromatic amines is 1. The number of pyridine rings is 1. The van der Waals surface area contributed by atoms with Gasteiger partial charge in [-0.15, -0.1) is 0 Å². The number of Topliss-reactive ketones (excluding diaryl/α,β-unsaturated/α-hetero) is 1. The van der Waals surface area contributed by atoms with E-state index in [-0.39, 0.29) is 5.78 Å². The van der Waals surface area contributed by atoms with Gasteiger partial charge < -0.3 is 9.72 Å². The summed E-state index contributed by atoms with van der Waals surface area (Å²) < 4.78 is 5.63. The number of ketones is 1. The third kappa shape index (κ3) is 7.61. The molecule has 0 bridgehead atoms. The number of aryl methyl sites for hydroxylation is 2. The van der Waals surface area contributed by atoms with Crippen LogP contribution in [0.25, 0.3) is 22.2 Å². The minimum Gasteiger partial charge on any atom is -0.496 e. The van der Waals surface area contributed by atoms with Crippen molar-refractivity contribution in [1.29, 1.82) is 0 Å². The van der Waals surface area contributed by atoms with Crippen LogP contribution >= 0.6 is 0 Å². The van der Waals surface area contributed by atoms with Crippen LogP contribution in [0.5, 0.6) is 5.75 Å². The molecule has 0 radical (unpaired) electrons. The van der Waals surface area contributed by atoms with Gasteiger partial charge in [0.05, 0.1) is 30.2 Å². The summed E-state index contributed by atoms with van der Waals surface area (Å²) in [7, 11) is 1.68. The summed E-state index contributed by atoms with van der Waals surface area (Å²) in [4.78, 5) is 29.1. The second kappa shape index (κ2) is 13.0. The first-order valence-corrected chi connectivity index (χ1v) is 12.6. The van der Waals surface area contributed by atoms with E-state index in [1.54, 1.807) is 20.2 Å². The molecular formula is C29H38N4O2. The lowest BCUT2D eigenvalue weighted by atomic mass is 10.1. The van der Waals surface area contributed by atoms with E-state index in [1.165, 1.54) is 0 Å². The molecule has 0 aliphatic heterocycles. The number of aliphatic imine (C=N–C) groups is 1. The van der Waals surface area contributed by atoms with Crippen molar-refractivity contribution in [3.63, 3.8) is 0 Å². The zero-order chi connectivity index (χ0) is 25.2. The largest absolute Gasteiger partial charge is 0.496 e. The van der Waals surface area contributed by atoms with Gasteiger partial charge in [-0.1, -0.05) is 45.3 Å². The number of allylic oxidation sites excluding steroid dienone is 1. The van der Waals surface area contributed by atoms with E-state index >= 15 is 0 Å². The zero-order valence-electron chi connectivity index (χ0n) is 21.7. The second-order valence-electron chi connectivity index (χ2n) is 9.22. The van der Waals surface area contributed by atoms with Crippen molar-refractivity contribution >= 4 is 22.4 Å². The summed E-state index contributed by atoms with van der Waals surface area (Å²) in [5.74, 6) is 2.38. The fraction of sp³-hybridized carbons (Fsp3) is 0.448. The molecule has 186 valence electrons. The Morgan fingerprint density at radius 2 is 2.00 bits per heavy atom. The molecule has 1 aromatic carbocycles. The van der Waals surface area contributed by atoms with Crippen LogP contribution in [0.15, 0.2) is 47.7 Å². The smallest absolute Gasteiger partial charge is 0.176 e. The van der Waals surface area contributed by atoms with Gasteiger partial charge in [-0.3, -0.25) is 14.8 Å². The number of fused-ring (bicyclic) bond motifs is 1. The first-order valence-electron chi connectivity index (χ1n) is 12.6. The fourth-order valence-corrected chi connectivity index (χ4v) is 3.88. The molecule has 3 aromatic rings. The highest BCUT2D eigenvalue weighted by Gasteiger charge is 2.12. The number of hydrogen-bond acceptors (Lipinski definition) is 5. The van der Waals surface area contributed by atoms with Crippen LogP contribution in [0.2, 0.25) is 0 Å². The number of hydrogen-bond donors (Lipinski definition) is 1. The summed E-state index contributed by atoms with van der Waals surface area (Å²) in [5.41, 5.74) is 4.44. The molecule has 0 aliphatic rings. The zero-order valence-corrected chi connectivity index (χ0v) is 21.7. The van der Waals surface area contributed by atoms with Gasteiger partial charge in [0.15, 0.2) is 5.78 Å². The van der Waals surface area contributed by atoms with Crippen molar-refractivity contribution in [3.8, 4) is 17.0 Å². The molecule has 2 heterocycles. The molecule has 35 heavy (non-hydrogen) atoms. The molecule has 1 atom stereocenters. The second-order valence-corrected chi connectivity index (χ2v) is 9.22. The number of nitrogens with zero attached hydrogens (tertiary/aromatic N) is 3. The highest BCUT2D eigenvalue weighted by Crippen LogP contribution is 2.33. The van der Waals surface area contributed by atoms with Gasteiger partial charge in [0.25, 0.3) is 0 Å². The van der Waals surface area contributed by atoms with Gasteiger partial charge in [0, 0.05) is 41.8 Å². The van der Waals surface area contributed by atoms with Crippen LogP contribution < -0.4 is 4.74 Å². The highest BCUT2D eigenvalue weighted by atomic mass is 16.5. The number of benzene rings is 1. The molecule has 0 aliphatic carbocycles. The Balaban J connectivity index is 1.46. The Bertz CT molecular complexity index is 1190. The molecule has 1 unspecified atom stereocenters. The van der Waals surface area contributed by atoms with Crippen molar-refractivity contribution in [3.05, 3.63) is 54.3 Å². The number of ether oxygens (including phenoxy) is 1. The Kier molecular flexibility index (Phi) is 9.76. The number of imidazole rings is 1. The van der Waals surface area contributed by atoms with E-state index in [1.807, 2.05) is 31.3 Å². The Labute approximate surface area is 209 Å². The van der Waals surface area contributed by atoms with Crippen molar-refractivity contribution in [2.75, 3.05) is 7.11 Å². The number of aromatic nitrogens is 3. The third-order valence-electron chi connectivity index (χ3n) is 6.37. The summed E-state index contributed by atoms with van der Waals surface area (Å²) in [6.07, 6.45) is 12.2. The minimum atomic E-state index is 0.143. The standard InChI is InChI=1S/C29H38N4O2/c1-6-20(2)15-16-30-22(4)27(34)11-9-7-8-10-12-29-31-19-26(33-29)24-17-23-14-13-21(3)32-25(23)18-28(24)35-5/h13-20H,6-12H2,1-5H3,(H,31,33)/b16-15-,30-22?. The van der Waals surface area contributed by atoms with Crippen LogP contribution in [0.4, 0.5) is 0 Å². The molecule has 0 amide bonds. The van der Waals surface area contributed by atoms with E-state index in [2.05, 4.69) is 45.9 Å². The topological polar surface area (TPSA) is 80.2 Å². The third-order valence-corrected chi connectivity index (χ3v) is 6.37. The molecule has 6 heteroatoms. The maximum absolute atomic E-state index is 12.2. The fourth-order valence-electron chi connectivity index (χ4n) is 3.88. The lowest BCUT2D eigenvalue weighted by Gasteiger charge is -2.09. The Hall–Kier alpha value is -3.28. The monoisotopic (exact) mass is 474 g/mol. The summed E-state index contributed by atoms with van der Waals surface area (Å²) in [6, 6.07) is 8.18. The average Bonchev–Trinajstić information content (AvgIpc) is 3.33. The Morgan fingerprint density at radius 3 is 2.77 bits per heavy atom. The van der Waals surface area contributed by atoms with Gasteiger partial charge in [-0.05, 0) is 44.7 Å². The first kappa shape index (κ1) is 26.3. The number of nitrogens with one attached hydrogen (secondary N) is 1. The van der Waals surface area contributed by atoms with Gasteiger partial charge >= 0.3 is 0 Å².